The molecule has 31 heavy (non-hydrogen) atoms. The largest absolute Gasteiger partial charge is 0.481 e. The minimum atomic E-state index is -0.724. The Morgan fingerprint density at radius 3 is 2.71 bits per heavy atom. The van der Waals surface area contributed by atoms with Gasteiger partial charge < -0.3 is 9.63 Å². The van der Waals surface area contributed by atoms with E-state index in [0.717, 1.165) is 23.4 Å². The van der Waals surface area contributed by atoms with Gasteiger partial charge in [0.05, 0.1) is 23.4 Å². The van der Waals surface area contributed by atoms with Gasteiger partial charge in [0.1, 0.15) is 0 Å². The molecule has 3 heterocycles. The van der Waals surface area contributed by atoms with Crippen molar-refractivity contribution in [1.82, 2.24) is 24.8 Å². The first-order valence-electron chi connectivity index (χ1n) is 9.74. The van der Waals surface area contributed by atoms with E-state index in [1.54, 1.807) is 16.9 Å². The summed E-state index contributed by atoms with van der Waals surface area (Å²) >= 11 is 6.05. The Bertz CT molecular complexity index is 1230. The van der Waals surface area contributed by atoms with Crippen molar-refractivity contribution in [1.29, 1.82) is 0 Å². The quantitative estimate of drug-likeness (QED) is 0.492. The highest BCUT2D eigenvalue weighted by Crippen LogP contribution is 2.25. The first kappa shape index (κ1) is 19.5. The topological polar surface area (TPSA) is 97.3 Å². The van der Waals surface area contributed by atoms with Crippen LogP contribution in [0.15, 0.2) is 65.4 Å². The van der Waals surface area contributed by atoms with Crippen LogP contribution in [-0.2, 0) is 11.3 Å². The Kier molecular flexibility index (Phi) is 5.01. The third kappa shape index (κ3) is 4.08. The van der Waals surface area contributed by atoms with Crippen molar-refractivity contribution in [2.75, 3.05) is 13.1 Å². The smallest absolute Gasteiger partial charge is 0.309 e. The maximum Gasteiger partial charge on any atom is 0.309 e. The Morgan fingerprint density at radius 2 is 1.97 bits per heavy atom. The van der Waals surface area contributed by atoms with E-state index in [2.05, 4.69) is 20.1 Å². The van der Waals surface area contributed by atoms with Crippen LogP contribution < -0.4 is 0 Å². The van der Waals surface area contributed by atoms with Crippen molar-refractivity contribution < 1.29 is 14.4 Å². The van der Waals surface area contributed by atoms with Crippen molar-refractivity contribution >= 4 is 17.6 Å². The van der Waals surface area contributed by atoms with Crippen LogP contribution in [0.1, 0.15) is 5.56 Å². The number of rotatable bonds is 6. The Labute approximate surface area is 182 Å². The molecule has 4 aromatic rings. The molecule has 0 bridgehead atoms. The van der Waals surface area contributed by atoms with Gasteiger partial charge in [0.25, 0.3) is 5.89 Å². The fourth-order valence-electron chi connectivity index (χ4n) is 3.52. The maximum atomic E-state index is 10.9. The predicted molar refractivity (Wildman–Crippen MR) is 114 cm³/mol. The Balaban J connectivity index is 1.27. The summed E-state index contributed by atoms with van der Waals surface area (Å²) in [5, 5.41) is 18.0. The molecule has 1 aliphatic heterocycles. The molecule has 0 amide bonds. The molecule has 2 aromatic heterocycles. The second-order valence-electron chi connectivity index (χ2n) is 7.50. The van der Waals surface area contributed by atoms with Crippen LogP contribution >= 0.6 is 11.6 Å². The molecule has 0 saturated carbocycles. The van der Waals surface area contributed by atoms with Crippen LogP contribution in [-0.4, -0.2) is 49.0 Å². The highest BCUT2D eigenvalue weighted by Gasteiger charge is 2.32. The first-order valence-corrected chi connectivity index (χ1v) is 10.1. The molecule has 0 radical (unpaired) electrons. The lowest BCUT2D eigenvalue weighted by Crippen LogP contribution is -2.49. The fourth-order valence-corrected chi connectivity index (χ4v) is 3.71. The number of hydrogen-bond donors (Lipinski definition) is 1. The number of likely N-dealkylation sites (tertiary alicyclic amines) is 1. The summed E-state index contributed by atoms with van der Waals surface area (Å²) < 4.78 is 7.13. The number of nitrogens with zero attached hydrogens (tertiary/aromatic N) is 5. The number of carboxylic acid groups (broad SMARTS) is 1. The SMILES string of the molecule is O=C(O)C1CN(Cc2ccc(-c3noc(-c4cnn(-c5cccc(Cl)c5)c4)n3)cc2)C1. The normalized spacial score (nSPS) is 14.5. The summed E-state index contributed by atoms with van der Waals surface area (Å²) in [6.45, 7) is 1.91. The molecule has 0 unspecified atom stereocenters. The number of aromatic nitrogens is 4. The van der Waals surface area contributed by atoms with Gasteiger partial charge in [0.2, 0.25) is 5.82 Å². The zero-order valence-corrected chi connectivity index (χ0v) is 17.1. The number of benzene rings is 2. The molecular formula is C22H18ClN5O3. The highest BCUT2D eigenvalue weighted by molar-refractivity contribution is 6.30. The van der Waals surface area contributed by atoms with Gasteiger partial charge in [-0.2, -0.15) is 10.1 Å². The molecule has 0 atom stereocenters. The van der Waals surface area contributed by atoms with E-state index in [1.165, 1.54) is 0 Å². The molecule has 1 aliphatic rings. The van der Waals surface area contributed by atoms with E-state index in [9.17, 15) is 4.79 Å². The fraction of sp³-hybridized carbons (Fsp3) is 0.182. The third-order valence-corrected chi connectivity index (χ3v) is 5.49. The number of carboxylic acids is 1. The first-order chi connectivity index (χ1) is 15.0. The van der Waals surface area contributed by atoms with Crippen molar-refractivity contribution in [3.63, 3.8) is 0 Å². The minimum absolute atomic E-state index is 0.250. The summed E-state index contributed by atoms with van der Waals surface area (Å²) in [4.78, 5) is 17.5. The van der Waals surface area contributed by atoms with Crippen molar-refractivity contribution in [2.24, 2.45) is 5.92 Å². The number of carbonyl (C=O) groups is 1. The van der Waals surface area contributed by atoms with Gasteiger partial charge in [0, 0.05) is 36.4 Å². The molecule has 1 saturated heterocycles. The van der Waals surface area contributed by atoms with Crippen molar-refractivity contribution in [3.05, 3.63) is 71.5 Å². The molecule has 1 N–H and O–H groups in total. The van der Waals surface area contributed by atoms with Gasteiger partial charge in [-0.1, -0.05) is 47.1 Å². The average Bonchev–Trinajstić information content (AvgIpc) is 3.40. The molecule has 5 rings (SSSR count). The molecule has 8 nitrogen and oxygen atoms in total. The van der Waals surface area contributed by atoms with Crippen LogP contribution in [0.5, 0.6) is 0 Å². The monoisotopic (exact) mass is 435 g/mol. The summed E-state index contributed by atoms with van der Waals surface area (Å²) in [7, 11) is 0. The van der Waals surface area contributed by atoms with Gasteiger partial charge in [-0.05, 0) is 23.8 Å². The third-order valence-electron chi connectivity index (χ3n) is 5.25. The van der Waals surface area contributed by atoms with Gasteiger partial charge >= 0.3 is 5.97 Å². The van der Waals surface area contributed by atoms with E-state index >= 15 is 0 Å². The maximum absolute atomic E-state index is 10.9. The molecule has 9 heteroatoms. The summed E-state index contributed by atoms with van der Waals surface area (Å²) in [5.74, 6) is -0.0996. The van der Waals surface area contributed by atoms with E-state index in [0.29, 0.717) is 35.4 Å². The molecule has 156 valence electrons. The summed E-state index contributed by atoms with van der Waals surface area (Å²) in [5.41, 5.74) is 3.50. The zero-order valence-electron chi connectivity index (χ0n) is 16.3. The van der Waals surface area contributed by atoms with E-state index < -0.39 is 5.97 Å². The Morgan fingerprint density at radius 1 is 1.16 bits per heavy atom. The van der Waals surface area contributed by atoms with Gasteiger partial charge in [-0.3, -0.25) is 9.69 Å². The van der Waals surface area contributed by atoms with Gasteiger partial charge in [0.15, 0.2) is 0 Å². The zero-order chi connectivity index (χ0) is 21.4. The Hall–Kier alpha value is -3.49. The highest BCUT2D eigenvalue weighted by atomic mass is 35.5. The summed E-state index contributed by atoms with van der Waals surface area (Å²) in [6.07, 6.45) is 3.47. The number of aliphatic carboxylic acids is 1. The van der Waals surface area contributed by atoms with Gasteiger partial charge in [-0.15, -0.1) is 0 Å². The second kappa shape index (κ2) is 7.98. The lowest BCUT2D eigenvalue weighted by Gasteiger charge is -2.36. The predicted octanol–water partition coefficient (Wildman–Crippen LogP) is 3.76. The van der Waals surface area contributed by atoms with Crippen LogP contribution in [0.2, 0.25) is 5.02 Å². The second-order valence-corrected chi connectivity index (χ2v) is 7.94. The molecular weight excluding hydrogens is 418 g/mol. The van der Waals surface area contributed by atoms with Crippen molar-refractivity contribution in [2.45, 2.75) is 6.54 Å². The van der Waals surface area contributed by atoms with Crippen LogP contribution in [0.3, 0.4) is 0 Å². The van der Waals surface area contributed by atoms with E-state index in [-0.39, 0.29) is 5.92 Å². The molecule has 1 fully saturated rings. The summed E-state index contributed by atoms with van der Waals surface area (Å²) in [6, 6.07) is 15.3. The van der Waals surface area contributed by atoms with Gasteiger partial charge in [-0.25, -0.2) is 4.68 Å². The molecule has 2 aromatic carbocycles. The number of halogens is 1. The van der Waals surface area contributed by atoms with Crippen LogP contribution in [0.25, 0.3) is 28.5 Å². The minimum Gasteiger partial charge on any atom is -0.481 e. The lowest BCUT2D eigenvalue weighted by atomic mass is 9.99. The average molecular weight is 436 g/mol. The van der Waals surface area contributed by atoms with Crippen molar-refractivity contribution in [3.8, 4) is 28.5 Å². The number of hydrogen-bond acceptors (Lipinski definition) is 6. The van der Waals surface area contributed by atoms with E-state index in [1.807, 2.05) is 48.7 Å². The molecule has 0 spiro atoms. The standard InChI is InChI=1S/C22H18ClN5O3/c23-18-2-1-3-19(8-18)28-13-16(9-24-28)21-25-20(26-31-21)15-6-4-14(5-7-15)10-27-11-17(12-27)22(29)30/h1-9,13,17H,10-12H2,(H,29,30). The van der Waals surface area contributed by atoms with Crippen LogP contribution in [0, 0.1) is 5.92 Å². The van der Waals surface area contributed by atoms with E-state index in [4.69, 9.17) is 21.2 Å². The molecule has 0 aliphatic carbocycles. The lowest BCUT2D eigenvalue weighted by molar-refractivity contribution is -0.147. The van der Waals surface area contributed by atoms with Crippen LogP contribution in [0.4, 0.5) is 0 Å².